The van der Waals surface area contributed by atoms with Crippen molar-refractivity contribution in [2.75, 3.05) is 26.2 Å². The number of nitrogens with two attached hydrogens (primary N) is 1. The molecule has 0 aromatic rings. The maximum absolute atomic E-state index is 5.89. The fourth-order valence-electron chi connectivity index (χ4n) is 2.80. The first kappa shape index (κ1) is 12.3. The number of hydrogen-bond donors (Lipinski definition) is 1. The minimum Gasteiger partial charge on any atom is -0.378 e. The molecule has 0 aromatic carbocycles. The molecule has 1 aliphatic heterocycles. The van der Waals surface area contributed by atoms with E-state index in [1.54, 1.807) is 0 Å². The smallest absolute Gasteiger partial charge is 0.0576 e. The molecule has 0 amide bonds. The maximum atomic E-state index is 5.89. The highest BCUT2D eigenvalue weighted by Crippen LogP contribution is 2.20. The molecule has 2 rings (SSSR count). The van der Waals surface area contributed by atoms with Crippen LogP contribution in [-0.2, 0) is 4.74 Å². The molecule has 1 heterocycles. The number of rotatable bonds is 5. The van der Waals surface area contributed by atoms with E-state index in [0.29, 0.717) is 12.1 Å². The second-order valence-electron chi connectivity index (χ2n) is 5.63. The van der Waals surface area contributed by atoms with Crippen molar-refractivity contribution in [3.05, 3.63) is 0 Å². The van der Waals surface area contributed by atoms with Gasteiger partial charge < -0.3 is 15.4 Å². The third-order valence-electron chi connectivity index (χ3n) is 3.83. The fourth-order valence-corrected chi connectivity index (χ4v) is 2.80. The number of hydrogen-bond acceptors (Lipinski definition) is 3. The average Bonchev–Trinajstić information content (AvgIpc) is 2.24. The van der Waals surface area contributed by atoms with Gasteiger partial charge in [-0.2, -0.15) is 0 Å². The molecule has 0 bridgehead atoms. The zero-order valence-electron chi connectivity index (χ0n) is 10.5. The van der Waals surface area contributed by atoms with Gasteiger partial charge in [-0.25, -0.2) is 0 Å². The summed E-state index contributed by atoms with van der Waals surface area (Å²) in [4.78, 5) is 2.52. The average molecular weight is 226 g/mol. The second kappa shape index (κ2) is 5.99. The minimum absolute atomic E-state index is 0.433. The first-order valence-corrected chi connectivity index (χ1v) is 6.83. The van der Waals surface area contributed by atoms with E-state index in [4.69, 9.17) is 10.5 Å². The van der Waals surface area contributed by atoms with Crippen molar-refractivity contribution in [1.82, 2.24) is 4.90 Å². The summed E-state index contributed by atoms with van der Waals surface area (Å²) >= 11 is 0. The van der Waals surface area contributed by atoms with E-state index < -0.39 is 0 Å². The van der Waals surface area contributed by atoms with E-state index in [-0.39, 0.29) is 0 Å². The Balaban J connectivity index is 1.45. The van der Waals surface area contributed by atoms with Crippen LogP contribution in [0.5, 0.6) is 0 Å². The third kappa shape index (κ3) is 3.72. The van der Waals surface area contributed by atoms with Gasteiger partial charge >= 0.3 is 0 Å². The summed E-state index contributed by atoms with van der Waals surface area (Å²) in [5.74, 6) is 0.917. The van der Waals surface area contributed by atoms with Crippen molar-refractivity contribution in [1.29, 1.82) is 0 Å². The molecule has 1 aliphatic carbocycles. The highest BCUT2D eigenvalue weighted by atomic mass is 16.5. The van der Waals surface area contributed by atoms with E-state index >= 15 is 0 Å². The van der Waals surface area contributed by atoms with Gasteiger partial charge in [0, 0.05) is 32.3 Å². The zero-order valence-corrected chi connectivity index (χ0v) is 10.5. The van der Waals surface area contributed by atoms with Crippen LogP contribution in [0, 0.1) is 5.92 Å². The lowest BCUT2D eigenvalue weighted by Crippen LogP contribution is -2.45. The molecule has 3 heteroatoms. The summed E-state index contributed by atoms with van der Waals surface area (Å²) in [7, 11) is 0. The lowest BCUT2D eigenvalue weighted by atomic mass is 9.94. The lowest BCUT2D eigenvalue weighted by molar-refractivity contribution is 0.0144. The third-order valence-corrected chi connectivity index (χ3v) is 3.83. The summed E-state index contributed by atoms with van der Waals surface area (Å²) in [5, 5.41) is 0. The van der Waals surface area contributed by atoms with Crippen LogP contribution < -0.4 is 5.73 Å². The zero-order chi connectivity index (χ0) is 11.4. The summed E-state index contributed by atoms with van der Waals surface area (Å²) < 4.78 is 5.89. The molecule has 1 saturated carbocycles. The molecular formula is C13H26N2O. The van der Waals surface area contributed by atoms with Gasteiger partial charge in [0.1, 0.15) is 0 Å². The Morgan fingerprint density at radius 3 is 2.50 bits per heavy atom. The molecule has 2 fully saturated rings. The number of ether oxygens (including phenoxy) is 1. The van der Waals surface area contributed by atoms with Gasteiger partial charge in [0.2, 0.25) is 0 Å². The SMILES string of the molecule is CC1CN(CCCOC2CCC(N)CC2)C1. The largest absolute Gasteiger partial charge is 0.378 e. The van der Waals surface area contributed by atoms with E-state index in [0.717, 1.165) is 25.4 Å². The molecule has 3 nitrogen and oxygen atoms in total. The Labute approximate surface area is 99.3 Å². The summed E-state index contributed by atoms with van der Waals surface area (Å²) in [6.45, 7) is 7.05. The van der Waals surface area contributed by atoms with Gasteiger partial charge in [-0.3, -0.25) is 0 Å². The van der Waals surface area contributed by atoms with Crippen molar-refractivity contribution >= 4 is 0 Å². The Morgan fingerprint density at radius 2 is 1.88 bits per heavy atom. The number of likely N-dealkylation sites (tertiary alicyclic amines) is 1. The standard InChI is InChI=1S/C13H26N2O/c1-11-9-15(10-11)7-2-8-16-13-5-3-12(14)4-6-13/h11-13H,2-10,14H2,1H3. The van der Waals surface area contributed by atoms with Gasteiger partial charge in [0.05, 0.1) is 6.10 Å². The predicted octanol–water partition coefficient (Wildman–Crippen LogP) is 1.61. The van der Waals surface area contributed by atoms with Crippen LogP contribution in [0.2, 0.25) is 0 Å². The molecule has 1 saturated heterocycles. The van der Waals surface area contributed by atoms with Crippen molar-refractivity contribution in [2.24, 2.45) is 11.7 Å². The first-order valence-electron chi connectivity index (χ1n) is 6.83. The van der Waals surface area contributed by atoms with E-state index in [9.17, 15) is 0 Å². The molecule has 0 radical (unpaired) electrons. The van der Waals surface area contributed by atoms with Crippen molar-refractivity contribution in [2.45, 2.75) is 51.2 Å². The topological polar surface area (TPSA) is 38.5 Å². The van der Waals surface area contributed by atoms with Gasteiger partial charge in [-0.1, -0.05) is 6.92 Å². The summed E-state index contributed by atoms with van der Waals surface area (Å²) in [6, 6.07) is 0.433. The summed E-state index contributed by atoms with van der Waals surface area (Å²) in [6.07, 6.45) is 6.32. The molecule has 0 spiro atoms. The van der Waals surface area contributed by atoms with Crippen LogP contribution in [-0.4, -0.2) is 43.3 Å². The van der Waals surface area contributed by atoms with E-state index in [1.165, 1.54) is 38.9 Å². The Bertz CT molecular complexity index is 196. The highest BCUT2D eigenvalue weighted by Gasteiger charge is 2.22. The molecular weight excluding hydrogens is 200 g/mol. The van der Waals surface area contributed by atoms with Crippen LogP contribution in [0.25, 0.3) is 0 Å². The molecule has 2 N–H and O–H groups in total. The molecule has 94 valence electrons. The minimum atomic E-state index is 0.433. The van der Waals surface area contributed by atoms with Crippen molar-refractivity contribution in [3.8, 4) is 0 Å². The van der Waals surface area contributed by atoms with Crippen LogP contribution in [0.4, 0.5) is 0 Å². The number of nitrogens with zero attached hydrogens (tertiary/aromatic N) is 1. The van der Waals surface area contributed by atoms with Crippen LogP contribution in [0.1, 0.15) is 39.0 Å². The van der Waals surface area contributed by atoms with E-state index in [2.05, 4.69) is 11.8 Å². The van der Waals surface area contributed by atoms with Crippen molar-refractivity contribution in [3.63, 3.8) is 0 Å². The quantitative estimate of drug-likeness (QED) is 0.724. The lowest BCUT2D eigenvalue weighted by Gasteiger charge is -2.37. The molecule has 16 heavy (non-hydrogen) atoms. The molecule has 0 atom stereocenters. The normalized spacial score (nSPS) is 32.6. The van der Waals surface area contributed by atoms with Gasteiger partial charge in [0.15, 0.2) is 0 Å². The van der Waals surface area contributed by atoms with Gasteiger partial charge in [-0.05, 0) is 38.0 Å². The Hall–Kier alpha value is -0.120. The van der Waals surface area contributed by atoms with Crippen LogP contribution >= 0.6 is 0 Å². The van der Waals surface area contributed by atoms with Crippen LogP contribution in [0.15, 0.2) is 0 Å². The second-order valence-corrected chi connectivity index (χ2v) is 5.63. The maximum Gasteiger partial charge on any atom is 0.0576 e. The monoisotopic (exact) mass is 226 g/mol. The van der Waals surface area contributed by atoms with Gasteiger partial charge in [0.25, 0.3) is 0 Å². The molecule has 2 aliphatic rings. The molecule has 0 aromatic heterocycles. The fraction of sp³-hybridized carbons (Fsp3) is 1.00. The van der Waals surface area contributed by atoms with E-state index in [1.807, 2.05) is 0 Å². The Kier molecular flexibility index (Phi) is 4.62. The van der Waals surface area contributed by atoms with Crippen molar-refractivity contribution < 1.29 is 4.74 Å². The van der Waals surface area contributed by atoms with Gasteiger partial charge in [-0.15, -0.1) is 0 Å². The van der Waals surface area contributed by atoms with Crippen LogP contribution in [0.3, 0.4) is 0 Å². The highest BCUT2D eigenvalue weighted by molar-refractivity contribution is 4.76. The Morgan fingerprint density at radius 1 is 1.19 bits per heavy atom. The molecule has 0 unspecified atom stereocenters. The summed E-state index contributed by atoms with van der Waals surface area (Å²) in [5.41, 5.74) is 5.87. The first-order chi connectivity index (χ1) is 7.74. The predicted molar refractivity (Wildman–Crippen MR) is 66.4 cm³/mol.